The van der Waals surface area contributed by atoms with Crippen molar-refractivity contribution in [3.8, 4) is 0 Å². The van der Waals surface area contributed by atoms with E-state index in [-0.39, 0.29) is 6.29 Å². The maximum absolute atomic E-state index is 6.50. The van der Waals surface area contributed by atoms with Crippen LogP contribution in [0.3, 0.4) is 0 Å². The Labute approximate surface area is 216 Å². The lowest BCUT2D eigenvalue weighted by molar-refractivity contribution is -0.195. The molecule has 1 heterocycles. The van der Waals surface area contributed by atoms with Gasteiger partial charge in [-0.1, -0.05) is 46.3 Å². The van der Waals surface area contributed by atoms with Crippen molar-refractivity contribution in [3.63, 3.8) is 0 Å². The van der Waals surface area contributed by atoms with Crippen molar-refractivity contribution in [2.24, 2.45) is 39.9 Å². The van der Waals surface area contributed by atoms with E-state index in [0.29, 0.717) is 28.5 Å². The minimum Gasteiger partial charge on any atom is -0.378 e. The number of rotatable bonds is 6. The van der Waals surface area contributed by atoms with E-state index in [1.165, 1.54) is 57.8 Å². The Hall–Kier alpha value is -0.380. The Morgan fingerprint density at radius 1 is 1.03 bits per heavy atom. The Balaban J connectivity index is 1.23. The fourth-order valence-corrected chi connectivity index (χ4v) is 9.26. The van der Waals surface area contributed by atoms with Crippen LogP contribution in [-0.4, -0.2) is 31.7 Å². The summed E-state index contributed by atoms with van der Waals surface area (Å²) in [5, 5.41) is 0. The van der Waals surface area contributed by atoms with Gasteiger partial charge in [0.2, 0.25) is 0 Å². The molecule has 200 valence electrons. The van der Waals surface area contributed by atoms with Crippen molar-refractivity contribution in [3.05, 3.63) is 11.6 Å². The van der Waals surface area contributed by atoms with Gasteiger partial charge in [0.1, 0.15) is 0 Å². The lowest BCUT2D eigenvalue weighted by Crippen LogP contribution is -2.51. The molecular weight excluding hydrogens is 432 g/mol. The van der Waals surface area contributed by atoms with Crippen molar-refractivity contribution in [1.29, 1.82) is 0 Å². The Morgan fingerprint density at radius 3 is 2.60 bits per heavy atom. The Kier molecular flexibility index (Phi) is 7.54. The highest BCUT2D eigenvalue weighted by atomic mass is 16.7. The molecule has 0 aromatic heterocycles. The molecule has 0 radical (unpaired) electrons. The topological polar surface area (TPSA) is 27.7 Å². The SMILES string of the molecule is C[C@H](OCCC(C)(C)C)[C@H]1CC[C@H]2[C@@H]3CC=C4C[C@@H](OC5CCCCO5)CC[C@]4(C)[C@H]3CC[C@]12C. The fourth-order valence-electron chi connectivity index (χ4n) is 9.26. The van der Waals surface area contributed by atoms with Gasteiger partial charge in [-0.2, -0.15) is 0 Å². The van der Waals surface area contributed by atoms with Crippen molar-refractivity contribution >= 4 is 0 Å². The van der Waals surface area contributed by atoms with Crippen molar-refractivity contribution in [2.75, 3.05) is 13.2 Å². The van der Waals surface area contributed by atoms with Gasteiger partial charge in [0, 0.05) is 13.2 Å². The molecular formula is C32H54O3. The van der Waals surface area contributed by atoms with E-state index in [1.807, 2.05) is 0 Å². The molecule has 1 unspecified atom stereocenters. The first kappa shape index (κ1) is 26.2. The smallest absolute Gasteiger partial charge is 0.157 e. The van der Waals surface area contributed by atoms with Gasteiger partial charge < -0.3 is 14.2 Å². The summed E-state index contributed by atoms with van der Waals surface area (Å²) in [7, 11) is 0. The first-order valence-electron chi connectivity index (χ1n) is 15.2. The summed E-state index contributed by atoms with van der Waals surface area (Å²) in [6, 6.07) is 0. The lowest BCUT2D eigenvalue weighted by Gasteiger charge is -2.58. The predicted molar refractivity (Wildman–Crippen MR) is 143 cm³/mol. The van der Waals surface area contributed by atoms with E-state index >= 15 is 0 Å². The third kappa shape index (κ3) is 5.17. The van der Waals surface area contributed by atoms with E-state index in [4.69, 9.17) is 14.2 Å². The van der Waals surface area contributed by atoms with Gasteiger partial charge >= 0.3 is 0 Å². The van der Waals surface area contributed by atoms with Crippen LogP contribution in [0.2, 0.25) is 0 Å². The van der Waals surface area contributed by atoms with E-state index in [9.17, 15) is 0 Å². The van der Waals surface area contributed by atoms with E-state index < -0.39 is 0 Å². The quantitative estimate of drug-likeness (QED) is 0.353. The van der Waals surface area contributed by atoms with Gasteiger partial charge in [-0.3, -0.25) is 0 Å². The maximum Gasteiger partial charge on any atom is 0.157 e. The Morgan fingerprint density at radius 2 is 1.86 bits per heavy atom. The summed E-state index contributed by atoms with van der Waals surface area (Å²) >= 11 is 0. The lowest BCUT2D eigenvalue weighted by atomic mass is 9.47. The summed E-state index contributed by atoms with van der Waals surface area (Å²) in [5.41, 5.74) is 2.94. The minimum atomic E-state index is 0.0495. The largest absolute Gasteiger partial charge is 0.378 e. The van der Waals surface area contributed by atoms with Gasteiger partial charge in [-0.15, -0.1) is 0 Å². The molecule has 0 bridgehead atoms. The number of fused-ring (bicyclic) bond motifs is 5. The van der Waals surface area contributed by atoms with Crippen LogP contribution in [0.4, 0.5) is 0 Å². The molecule has 1 aliphatic heterocycles. The monoisotopic (exact) mass is 486 g/mol. The second-order valence-corrected chi connectivity index (χ2v) is 14.7. The highest BCUT2D eigenvalue weighted by Gasteiger charge is 2.59. The van der Waals surface area contributed by atoms with E-state index in [2.05, 4.69) is 47.6 Å². The van der Waals surface area contributed by atoms with Gasteiger partial charge in [0.25, 0.3) is 0 Å². The standard InChI is InChI=1S/C32H54O3/c1-22(33-20-18-30(2,3)4)26-12-13-27-25-11-10-23-21-24(35-29-9-7-8-19-34-29)14-16-31(23,5)28(25)15-17-32(26,27)6/h10,22,24-29H,7-9,11-21H2,1-6H3/t22-,24-,25-,26+,27-,28-,29?,31-,32+/m0/s1. The molecule has 3 saturated carbocycles. The molecule has 5 rings (SSSR count). The number of hydrogen-bond donors (Lipinski definition) is 0. The van der Waals surface area contributed by atoms with Crippen molar-refractivity contribution in [2.45, 2.75) is 137 Å². The molecule has 4 fully saturated rings. The zero-order valence-corrected chi connectivity index (χ0v) is 23.7. The van der Waals surface area contributed by atoms with Crippen LogP contribution in [0.25, 0.3) is 0 Å². The average Bonchev–Trinajstić information content (AvgIpc) is 3.16. The number of ether oxygens (including phenoxy) is 3. The summed E-state index contributed by atoms with van der Waals surface area (Å²) < 4.78 is 18.9. The first-order valence-corrected chi connectivity index (χ1v) is 15.2. The molecule has 0 amide bonds. The van der Waals surface area contributed by atoms with Crippen LogP contribution in [0.5, 0.6) is 0 Å². The van der Waals surface area contributed by atoms with Gasteiger partial charge in [0.15, 0.2) is 6.29 Å². The zero-order chi connectivity index (χ0) is 24.8. The highest BCUT2D eigenvalue weighted by Crippen LogP contribution is 2.66. The predicted octanol–water partition coefficient (Wildman–Crippen LogP) is 8.32. The third-order valence-corrected chi connectivity index (χ3v) is 11.4. The van der Waals surface area contributed by atoms with Crippen LogP contribution in [0.15, 0.2) is 11.6 Å². The molecule has 3 heteroatoms. The normalized spacial score (nSPS) is 44.7. The Bertz CT molecular complexity index is 761. The number of allylic oxidation sites excluding steroid dienone is 1. The second kappa shape index (κ2) is 10.1. The summed E-state index contributed by atoms with van der Waals surface area (Å²) in [5.74, 6) is 3.34. The highest BCUT2D eigenvalue weighted by molar-refractivity contribution is 5.25. The molecule has 0 spiro atoms. The van der Waals surface area contributed by atoms with Crippen LogP contribution in [0.1, 0.15) is 119 Å². The zero-order valence-electron chi connectivity index (χ0n) is 23.7. The van der Waals surface area contributed by atoms with Gasteiger partial charge in [0.05, 0.1) is 12.2 Å². The van der Waals surface area contributed by atoms with Crippen LogP contribution < -0.4 is 0 Å². The van der Waals surface area contributed by atoms with Crippen molar-refractivity contribution in [1.82, 2.24) is 0 Å². The molecule has 35 heavy (non-hydrogen) atoms. The summed E-state index contributed by atoms with van der Waals surface area (Å²) in [6.07, 6.45) is 18.7. The van der Waals surface area contributed by atoms with Crippen LogP contribution >= 0.6 is 0 Å². The molecule has 1 saturated heterocycles. The molecule has 3 nitrogen and oxygen atoms in total. The minimum absolute atomic E-state index is 0.0495. The molecule has 0 aromatic rings. The molecule has 5 aliphatic rings. The summed E-state index contributed by atoms with van der Waals surface area (Å²) in [4.78, 5) is 0. The van der Waals surface area contributed by atoms with Crippen LogP contribution in [-0.2, 0) is 14.2 Å². The molecule has 0 aromatic carbocycles. The summed E-state index contributed by atoms with van der Waals surface area (Å²) in [6.45, 7) is 16.4. The molecule has 0 N–H and O–H groups in total. The maximum atomic E-state index is 6.50. The fraction of sp³-hybridized carbons (Fsp3) is 0.938. The van der Waals surface area contributed by atoms with Crippen LogP contribution in [0, 0.1) is 39.9 Å². The first-order chi connectivity index (χ1) is 16.6. The van der Waals surface area contributed by atoms with E-state index in [1.54, 1.807) is 5.57 Å². The number of hydrogen-bond acceptors (Lipinski definition) is 3. The van der Waals surface area contributed by atoms with E-state index in [0.717, 1.165) is 56.1 Å². The molecule has 9 atom stereocenters. The second-order valence-electron chi connectivity index (χ2n) is 14.7. The molecule has 4 aliphatic carbocycles. The van der Waals surface area contributed by atoms with Crippen molar-refractivity contribution < 1.29 is 14.2 Å². The third-order valence-electron chi connectivity index (χ3n) is 11.4. The van der Waals surface area contributed by atoms with Gasteiger partial charge in [-0.05, 0) is 124 Å². The average molecular weight is 487 g/mol. The van der Waals surface area contributed by atoms with Gasteiger partial charge in [-0.25, -0.2) is 0 Å².